The molecule has 0 radical (unpaired) electrons. The third kappa shape index (κ3) is 4.35. The number of halogens is 4. The first-order chi connectivity index (χ1) is 14.0. The lowest BCUT2D eigenvalue weighted by molar-refractivity contribution is 0.114. The molecule has 0 bridgehead atoms. The molecule has 0 spiro atoms. The lowest BCUT2D eigenvalue weighted by Gasteiger charge is -2.42. The van der Waals surface area contributed by atoms with Gasteiger partial charge in [-0.2, -0.15) is 0 Å². The fraction of sp³-hybridized carbons (Fsp3) is 0.520. The minimum absolute atomic E-state index is 0.173. The SMILES string of the molecule is CCCC1CCC2CC(c3ccc(-c4cc(F)c(Cl)c(F)c4)c(F)c3)CCC2C1. The third-order valence-electron chi connectivity index (χ3n) is 7.18. The van der Waals surface area contributed by atoms with Crippen molar-refractivity contribution in [1.82, 2.24) is 0 Å². The van der Waals surface area contributed by atoms with E-state index in [1.165, 1.54) is 38.5 Å². The number of fused-ring (bicyclic) bond motifs is 1. The molecule has 2 aromatic carbocycles. The predicted molar refractivity (Wildman–Crippen MR) is 113 cm³/mol. The molecule has 0 aliphatic heterocycles. The summed E-state index contributed by atoms with van der Waals surface area (Å²) in [5.41, 5.74) is 1.39. The van der Waals surface area contributed by atoms with Crippen molar-refractivity contribution in [2.45, 2.75) is 64.2 Å². The Morgan fingerprint density at radius 2 is 1.55 bits per heavy atom. The van der Waals surface area contributed by atoms with E-state index in [1.54, 1.807) is 12.1 Å². The first kappa shape index (κ1) is 20.8. The van der Waals surface area contributed by atoms with Crippen molar-refractivity contribution in [1.29, 1.82) is 0 Å². The second-order valence-corrected chi connectivity index (χ2v) is 9.37. The molecule has 2 fully saturated rings. The highest BCUT2D eigenvalue weighted by atomic mass is 35.5. The van der Waals surface area contributed by atoms with Gasteiger partial charge in [0.1, 0.15) is 22.5 Å². The lowest BCUT2D eigenvalue weighted by Crippen LogP contribution is -2.30. The molecule has 156 valence electrons. The summed E-state index contributed by atoms with van der Waals surface area (Å²) in [6.45, 7) is 2.27. The fourth-order valence-electron chi connectivity index (χ4n) is 5.69. The van der Waals surface area contributed by atoms with E-state index in [-0.39, 0.29) is 11.1 Å². The Hall–Kier alpha value is -1.48. The predicted octanol–water partition coefficient (Wildman–Crippen LogP) is 8.52. The molecule has 0 saturated heterocycles. The highest BCUT2D eigenvalue weighted by Crippen LogP contribution is 2.48. The Morgan fingerprint density at radius 1 is 0.862 bits per heavy atom. The summed E-state index contributed by atoms with van der Waals surface area (Å²) in [6.07, 6.45) is 10.1. The van der Waals surface area contributed by atoms with Gasteiger partial charge >= 0.3 is 0 Å². The van der Waals surface area contributed by atoms with Crippen LogP contribution in [0, 0.1) is 35.2 Å². The van der Waals surface area contributed by atoms with Crippen LogP contribution in [0.2, 0.25) is 5.02 Å². The van der Waals surface area contributed by atoms with Gasteiger partial charge < -0.3 is 0 Å². The largest absolute Gasteiger partial charge is 0.206 e. The number of rotatable bonds is 4. The summed E-state index contributed by atoms with van der Waals surface area (Å²) in [4.78, 5) is 0. The maximum absolute atomic E-state index is 14.8. The molecule has 2 aliphatic carbocycles. The van der Waals surface area contributed by atoms with Gasteiger partial charge in [-0.3, -0.25) is 0 Å². The second-order valence-electron chi connectivity index (χ2n) is 8.99. The average molecular weight is 421 g/mol. The van der Waals surface area contributed by atoms with E-state index in [9.17, 15) is 13.2 Å². The van der Waals surface area contributed by atoms with Crippen molar-refractivity contribution in [3.8, 4) is 11.1 Å². The van der Waals surface area contributed by atoms with Gasteiger partial charge in [0.05, 0.1) is 0 Å². The van der Waals surface area contributed by atoms with Gasteiger partial charge in [0.25, 0.3) is 0 Å². The van der Waals surface area contributed by atoms with Crippen LogP contribution in [0.1, 0.15) is 69.8 Å². The van der Waals surface area contributed by atoms with Crippen molar-refractivity contribution in [2.75, 3.05) is 0 Å². The van der Waals surface area contributed by atoms with E-state index in [0.717, 1.165) is 48.3 Å². The zero-order valence-corrected chi connectivity index (χ0v) is 17.6. The van der Waals surface area contributed by atoms with E-state index >= 15 is 0 Å². The van der Waals surface area contributed by atoms with Crippen LogP contribution in [0.3, 0.4) is 0 Å². The van der Waals surface area contributed by atoms with Crippen molar-refractivity contribution in [3.05, 3.63) is 58.4 Å². The van der Waals surface area contributed by atoms with Gasteiger partial charge in [-0.05, 0) is 85.1 Å². The molecule has 0 heterocycles. The minimum atomic E-state index is -0.873. The van der Waals surface area contributed by atoms with Crippen LogP contribution < -0.4 is 0 Å². The van der Waals surface area contributed by atoms with Gasteiger partial charge in [-0.15, -0.1) is 0 Å². The highest BCUT2D eigenvalue weighted by molar-refractivity contribution is 6.31. The molecule has 4 heteroatoms. The van der Waals surface area contributed by atoms with E-state index in [4.69, 9.17) is 11.6 Å². The molecular weight excluding hydrogens is 393 g/mol. The van der Waals surface area contributed by atoms with E-state index in [2.05, 4.69) is 6.92 Å². The van der Waals surface area contributed by atoms with Crippen LogP contribution in [0.15, 0.2) is 30.3 Å². The average Bonchev–Trinajstić information content (AvgIpc) is 2.71. The molecule has 4 rings (SSSR count). The van der Waals surface area contributed by atoms with Crippen LogP contribution in [0.25, 0.3) is 11.1 Å². The van der Waals surface area contributed by atoms with Crippen molar-refractivity contribution < 1.29 is 13.2 Å². The zero-order valence-electron chi connectivity index (χ0n) is 16.9. The maximum atomic E-state index is 14.8. The summed E-state index contributed by atoms with van der Waals surface area (Å²) in [6, 6.07) is 7.31. The minimum Gasteiger partial charge on any atom is -0.206 e. The summed E-state index contributed by atoms with van der Waals surface area (Å²) in [7, 11) is 0. The van der Waals surface area contributed by atoms with Crippen LogP contribution in [-0.4, -0.2) is 0 Å². The number of hydrogen-bond donors (Lipinski definition) is 0. The van der Waals surface area contributed by atoms with Gasteiger partial charge in [0.15, 0.2) is 0 Å². The third-order valence-corrected chi connectivity index (χ3v) is 7.54. The molecule has 2 aliphatic rings. The first-order valence-corrected chi connectivity index (χ1v) is 11.3. The Balaban J connectivity index is 1.49. The van der Waals surface area contributed by atoms with E-state index in [0.29, 0.717) is 5.92 Å². The fourth-order valence-corrected chi connectivity index (χ4v) is 5.80. The summed E-state index contributed by atoms with van der Waals surface area (Å²) in [5.74, 6) is 0.683. The Labute approximate surface area is 176 Å². The van der Waals surface area contributed by atoms with Gasteiger partial charge in [-0.1, -0.05) is 49.9 Å². The summed E-state index contributed by atoms with van der Waals surface area (Å²) >= 11 is 5.54. The number of benzene rings is 2. The smallest absolute Gasteiger partial charge is 0.145 e. The van der Waals surface area contributed by atoms with Crippen LogP contribution >= 0.6 is 11.6 Å². The van der Waals surface area contributed by atoms with Crippen LogP contribution in [-0.2, 0) is 0 Å². The first-order valence-electron chi connectivity index (χ1n) is 10.9. The second kappa shape index (κ2) is 8.71. The molecule has 2 aromatic rings. The normalized spacial score (nSPS) is 26.9. The lowest BCUT2D eigenvalue weighted by atomic mass is 9.63. The van der Waals surface area contributed by atoms with Gasteiger partial charge in [0, 0.05) is 5.56 Å². The maximum Gasteiger partial charge on any atom is 0.145 e. The molecule has 2 saturated carbocycles. The molecule has 29 heavy (non-hydrogen) atoms. The van der Waals surface area contributed by atoms with Gasteiger partial charge in [0.2, 0.25) is 0 Å². The molecule has 4 unspecified atom stereocenters. The Kier molecular flexibility index (Phi) is 6.24. The Morgan fingerprint density at radius 3 is 2.24 bits per heavy atom. The van der Waals surface area contributed by atoms with Crippen molar-refractivity contribution >= 4 is 11.6 Å². The highest BCUT2D eigenvalue weighted by Gasteiger charge is 2.35. The zero-order chi connectivity index (χ0) is 20.5. The van der Waals surface area contributed by atoms with Gasteiger partial charge in [-0.25, -0.2) is 13.2 Å². The standard InChI is InChI=1S/C25H28ClF3/c1-2-3-15-4-5-17-11-18(7-6-16(17)10-15)19-8-9-21(22(27)12-19)20-13-23(28)25(26)24(29)14-20/h8-9,12-18H,2-7,10-11H2,1H3. The van der Waals surface area contributed by atoms with E-state index < -0.39 is 22.5 Å². The number of hydrogen-bond acceptors (Lipinski definition) is 0. The monoisotopic (exact) mass is 420 g/mol. The van der Waals surface area contributed by atoms with E-state index in [1.807, 2.05) is 6.07 Å². The molecule has 0 amide bonds. The van der Waals surface area contributed by atoms with Crippen LogP contribution in [0.5, 0.6) is 0 Å². The molecule has 0 aromatic heterocycles. The Bertz CT molecular complexity index is 855. The summed E-state index contributed by atoms with van der Waals surface area (Å²) < 4.78 is 42.4. The quantitative estimate of drug-likeness (QED) is 0.434. The molecule has 4 atom stereocenters. The van der Waals surface area contributed by atoms with Crippen molar-refractivity contribution in [3.63, 3.8) is 0 Å². The van der Waals surface area contributed by atoms with Crippen molar-refractivity contribution in [2.24, 2.45) is 17.8 Å². The molecule has 0 nitrogen and oxygen atoms in total. The van der Waals surface area contributed by atoms with Crippen LogP contribution in [0.4, 0.5) is 13.2 Å². The molecule has 0 N–H and O–H groups in total. The topological polar surface area (TPSA) is 0 Å². The summed E-state index contributed by atoms with van der Waals surface area (Å²) in [5, 5.41) is -0.559. The molecular formula is C25H28ClF3.